The maximum Gasteiger partial charge on any atom is 0.315 e. The van der Waals surface area contributed by atoms with Crippen LogP contribution in [0.4, 0.5) is 4.79 Å². The first-order valence-corrected chi connectivity index (χ1v) is 5.71. The van der Waals surface area contributed by atoms with Gasteiger partial charge < -0.3 is 15.4 Å². The summed E-state index contributed by atoms with van der Waals surface area (Å²) in [6.45, 7) is 9.08. The predicted octanol–water partition coefficient (Wildman–Crippen LogP) is 1.12. The molecule has 0 saturated heterocycles. The Hall–Kier alpha value is -1.39. The summed E-state index contributed by atoms with van der Waals surface area (Å²) < 4.78 is 0. The lowest BCUT2D eigenvalue weighted by atomic mass is 9.88. The molecular weight excluding hydrogens is 220 g/mol. The maximum absolute atomic E-state index is 11.5. The fourth-order valence-electron chi connectivity index (χ4n) is 1.02. The minimum atomic E-state index is -0.573. The lowest BCUT2D eigenvalue weighted by molar-refractivity contribution is -0.120. The number of ketones is 1. The lowest BCUT2D eigenvalue weighted by Gasteiger charge is -2.26. The first-order valence-electron chi connectivity index (χ1n) is 5.71. The summed E-state index contributed by atoms with van der Waals surface area (Å²) in [6.07, 6.45) is 0.698. The van der Waals surface area contributed by atoms with Gasteiger partial charge in [-0.25, -0.2) is 4.79 Å². The quantitative estimate of drug-likeness (QED) is 0.709. The van der Waals surface area contributed by atoms with Crippen molar-refractivity contribution in [3.8, 4) is 0 Å². The molecule has 5 heteroatoms. The molecule has 0 aromatic heterocycles. The molecule has 1 unspecified atom stereocenters. The van der Waals surface area contributed by atoms with E-state index in [9.17, 15) is 14.4 Å². The minimum absolute atomic E-state index is 0.0147. The molecule has 98 valence electrons. The molecule has 0 aliphatic carbocycles. The number of hydrogen-bond acceptors (Lipinski definition) is 3. The van der Waals surface area contributed by atoms with Gasteiger partial charge in [0.1, 0.15) is 6.29 Å². The van der Waals surface area contributed by atoms with E-state index in [0.717, 1.165) is 0 Å². The first kappa shape index (κ1) is 15.6. The number of rotatable bonds is 5. The Morgan fingerprint density at radius 1 is 1.24 bits per heavy atom. The SMILES string of the molecule is CC(C)C(=O)CNC(=O)NC(C=O)C(C)(C)C. The third-order valence-electron chi connectivity index (χ3n) is 2.42. The molecular formula is C12H22N2O3. The van der Waals surface area contributed by atoms with Gasteiger partial charge in [0.05, 0.1) is 12.6 Å². The largest absolute Gasteiger partial charge is 0.331 e. The van der Waals surface area contributed by atoms with Crippen molar-refractivity contribution in [2.75, 3.05) is 6.54 Å². The monoisotopic (exact) mass is 242 g/mol. The van der Waals surface area contributed by atoms with Crippen molar-refractivity contribution in [3.63, 3.8) is 0 Å². The van der Waals surface area contributed by atoms with E-state index in [0.29, 0.717) is 6.29 Å². The molecule has 0 aliphatic rings. The van der Waals surface area contributed by atoms with Crippen LogP contribution in [-0.4, -0.2) is 30.7 Å². The average molecular weight is 242 g/mol. The van der Waals surface area contributed by atoms with Gasteiger partial charge in [-0.15, -0.1) is 0 Å². The van der Waals surface area contributed by atoms with Crippen LogP contribution in [0, 0.1) is 11.3 Å². The minimum Gasteiger partial charge on any atom is -0.331 e. The molecule has 0 spiro atoms. The number of carbonyl (C=O) groups is 3. The molecule has 0 rings (SSSR count). The number of Topliss-reactive ketones (excluding diaryl/α,β-unsaturated/α-hetero) is 1. The summed E-state index contributed by atoms with van der Waals surface area (Å²) >= 11 is 0. The Labute approximate surface area is 102 Å². The number of nitrogens with one attached hydrogen (secondary N) is 2. The summed E-state index contributed by atoms with van der Waals surface area (Å²) in [5.41, 5.74) is -0.346. The highest BCUT2D eigenvalue weighted by Gasteiger charge is 2.25. The van der Waals surface area contributed by atoms with Crippen LogP contribution in [-0.2, 0) is 9.59 Å². The van der Waals surface area contributed by atoms with Crippen molar-refractivity contribution < 1.29 is 14.4 Å². The van der Waals surface area contributed by atoms with Crippen LogP contribution < -0.4 is 10.6 Å². The molecule has 0 aromatic carbocycles. The molecule has 0 radical (unpaired) electrons. The fourth-order valence-corrected chi connectivity index (χ4v) is 1.02. The zero-order valence-electron chi connectivity index (χ0n) is 11.2. The van der Waals surface area contributed by atoms with Crippen LogP contribution in [0.15, 0.2) is 0 Å². The predicted molar refractivity (Wildman–Crippen MR) is 65.7 cm³/mol. The number of amides is 2. The molecule has 0 aliphatic heterocycles. The fraction of sp³-hybridized carbons (Fsp3) is 0.750. The molecule has 1 atom stereocenters. The second-order valence-corrected chi connectivity index (χ2v) is 5.43. The van der Waals surface area contributed by atoms with Crippen molar-refractivity contribution in [2.24, 2.45) is 11.3 Å². The number of aldehydes is 1. The van der Waals surface area contributed by atoms with Gasteiger partial charge in [-0.05, 0) is 5.41 Å². The van der Waals surface area contributed by atoms with Crippen molar-refractivity contribution in [1.82, 2.24) is 10.6 Å². The van der Waals surface area contributed by atoms with Crippen LogP contribution in [0.5, 0.6) is 0 Å². The Kier molecular flexibility index (Phi) is 5.85. The molecule has 0 aromatic rings. The molecule has 2 N–H and O–H groups in total. The summed E-state index contributed by atoms with van der Waals surface area (Å²) in [5, 5.41) is 4.97. The van der Waals surface area contributed by atoms with Crippen molar-refractivity contribution >= 4 is 18.1 Å². The first-order chi connectivity index (χ1) is 7.68. The van der Waals surface area contributed by atoms with E-state index < -0.39 is 12.1 Å². The van der Waals surface area contributed by atoms with Crippen LogP contribution in [0.1, 0.15) is 34.6 Å². The number of urea groups is 1. The highest BCUT2D eigenvalue weighted by Crippen LogP contribution is 2.17. The van der Waals surface area contributed by atoms with Crippen molar-refractivity contribution in [2.45, 2.75) is 40.7 Å². The second kappa shape index (κ2) is 6.37. The molecule has 0 bridgehead atoms. The summed E-state index contributed by atoms with van der Waals surface area (Å²) in [4.78, 5) is 33.6. The van der Waals surface area contributed by atoms with Crippen LogP contribution >= 0.6 is 0 Å². The third-order valence-corrected chi connectivity index (χ3v) is 2.42. The van der Waals surface area contributed by atoms with E-state index in [4.69, 9.17) is 0 Å². The van der Waals surface area contributed by atoms with Crippen molar-refractivity contribution in [3.05, 3.63) is 0 Å². The average Bonchev–Trinajstić information content (AvgIpc) is 2.20. The Morgan fingerprint density at radius 2 is 1.76 bits per heavy atom. The normalized spacial score (nSPS) is 13.1. The van der Waals surface area contributed by atoms with Crippen LogP contribution in [0.25, 0.3) is 0 Å². The zero-order valence-corrected chi connectivity index (χ0v) is 11.2. The standard InChI is InChI=1S/C12H22N2O3/c1-8(2)9(16)6-13-11(17)14-10(7-15)12(3,4)5/h7-8,10H,6H2,1-5H3,(H2,13,14,17). The van der Waals surface area contributed by atoms with Crippen LogP contribution in [0.2, 0.25) is 0 Å². The summed E-state index contributed by atoms with van der Waals surface area (Å²) in [7, 11) is 0. The van der Waals surface area contributed by atoms with E-state index in [1.165, 1.54) is 0 Å². The Bertz CT molecular complexity index is 293. The van der Waals surface area contributed by atoms with Gasteiger partial charge in [0, 0.05) is 5.92 Å². The molecule has 0 heterocycles. The van der Waals surface area contributed by atoms with Gasteiger partial charge in [0.2, 0.25) is 0 Å². The van der Waals surface area contributed by atoms with E-state index in [1.807, 2.05) is 20.8 Å². The smallest absolute Gasteiger partial charge is 0.315 e. The molecule has 0 saturated carbocycles. The highest BCUT2D eigenvalue weighted by molar-refractivity contribution is 5.87. The number of hydrogen-bond donors (Lipinski definition) is 2. The van der Waals surface area contributed by atoms with Crippen LogP contribution in [0.3, 0.4) is 0 Å². The van der Waals surface area contributed by atoms with E-state index in [-0.39, 0.29) is 23.7 Å². The molecule has 17 heavy (non-hydrogen) atoms. The topological polar surface area (TPSA) is 75.3 Å². The summed E-state index contributed by atoms with van der Waals surface area (Å²) in [5.74, 6) is -0.154. The highest BCUT2D eigenvalue weighted by atomic mass is 16.2. The van der Waals surface area contributed by atoms with E-state index in [2.05, 4.69) is 10.6 Å². The van der Waals surface area contributed by atoms with Gasteiger partial charge in [0.15, 0.2) is 5.78 Å². The maximum atomic E-state index is 11.5. The van der Waals surface area contributed by atoms with Gasteiger partial charge in [0.25, 0.3) is 0 Å². The second-order valence-electron chi connectivity index (χ2n) is 5.43. The van der Waals surface area contributed by atoms with Gasteiger partial charge >= 0.3 is 6.03 Å². The Morgan fingerprint density at radius 3 is 2.12 bits per heavy atom. The van der Waals surface area contributed by atoms with E-state index in [1.54, 1.807) is 13.8 Å². The Balaban J connectivity index is 4.18. The number of carbonyl (C=O) groups excluding carboxylic acids is 3. The molecule has 2 amide bonds. The van der Waals surface area contributed by atoms with Gasteiger partial charge in [-0.3, -0.25) is 4.79 Å². The molecule has 0 fully saturated rings. The lowest BCUT2D eigenvalue weighted by Crippen LogP contribution is -2.50. The van der Waals surface area contributed by atoms with Gasteiger partial charge in [-0.2, -0.15) is 0 Å². The zero-order chi connectivity index (χ0) is 13.6. The van der Waals surface area contributed by atoms with Gasteiger partial charge in [-0.1, -0.05) is 34.6 Å². The van der Waals surface area contributed by atoms with E-state index >= 15 is 0 Å². The third kappa shape index (κ3) is 6.04. The summed E-state index contributed by atoms with van der Waals surface area (Å²) in [6, 6.07) is -1.07. The molecule has 5 nitrogen and oxygen atoms in total. The van der Waals surface area contributed by atoms with Crippen molar-refractivity contribution in [1.29, 1.82) is 0 Å².